The van der Waals surface area contributed by atoms with Gasteiger partial charge >= 0.3 is 0 Å². The van der Waals surface area contributed by atoms with Crippen LogP contribution < -0.4 is 16.0 Å². The SMILES string of the molecule is CC(C)CC(=O)Nc1ccc(NC(=S)NC(=O)c2ccc(F)cc2)cc1. The van der Waals surface area contributed by atoms with E-state index in [9.17, 15) is 14.0 Å². The van der Waals surface area contributed by atoms with Gasteiger partial charge in [0.1, 0.15) is 5.82 Å². The maximum atomic E-state index is 12.9. The minimum absolute atomic E-state index is 0.0391. The molecule has 0 saturated heterocycles. The fourth-order valence-electron chi connectivity index (χ4n) is 2.16. The van der Waals surface area contributed by atoms with E-state index in [1.807, 2.05) is 13.8 Å². The summed E-state index contributed by atoms with van der Waals surface area (Å²) in [6.07, 6.45) is 0.458. The highest BCUT2D eigenvalue weighted by atomic mass is 32.1. The third-order valence-corrected chi connectivity index (χ3v) is 3.56. The molecule has 0 atom stereocenters. The molecular formula is C19H20FN3O2S. The standard InChI is InChI=1S/C19H20FN3O2S/c1-12(2)11-17(24)21-15-7-9-16(10-8-15)22-19(26)23-18(25)13-3-5-14(20)6-4-13/h3-10,12H,11H2,1-2H3,(H,21,24)(H2,22,23,25,26). The van der Waals surface area contributed by atoms with Gasteiger partial charge in [-0.15, -0.1) is 0 Å². The van der Waals surface area contributed by atoms with Crippen molar-refractivity contribution in [2.75, 3.05) is 10.6 Å². The summed E-state index contributed by atoms with van der Waals surface area (Å²) in [6.45, 7) is 3.96. The molecule has 0 aliphatic heterocycles. The van der Waals surface area contributed by atoms with E-state index < -0.39 is 11.7 Å². The molecule has 0 radical (unpaired) electrons. The number of carbonyl (C=O) groups excluding carboxylic acids is 2. The molecule has 7 heteroatoms. The van der Waals surface area contributed by atoms with E-state index in [2.05, 4.69) is 16.0 Å². The first-order valence-corrected chi connectivity index (χ1v) is 8.52. The van der Waals surface area contributed by atoms with Crippen molar-refractivity contribution < 1.29 is 14.0 Å². The Morgan fingerprint density at radius 3 is 2.04 bits per heavy atom. The van der Waals surface area contributed by atoms with Crippen LogP contribution in [0.15, 0.2) is 48.5 Å². The summed E-state index contributed by atoms with van der Waals surface area (Å²) in [5.41, 5.74) is 1.65. The maximum Gasteiger partial charge on any atom is 0.257 e. The molecule has 0 unspecified atom stereocenters. The predicted molar refractivity (Wildman–Crippen MR) is 105 cm³/mol. The topological polar surface area (TPSA) is 70.2 Å². The molecule has 136 valence electrons. The van der Waals surface area contributed by atoms with Crippen molar-refractivity contribution in [3.05, 3.63) is 59.9 Å². The lowest BCUT2D eigenvalue weighted by atomic mass is 10.1. The van der Waals surface area contributed by atoms with Crippen LogP contribution in [0.1, 0.15) is 30.6 Å². The van der Waals surface area contributed by atoms with Gasteiger partial charge in [-0.1, -0.05) is 13.8 Å². The van der Waals surface area contributed by atoms with E-state index in [4.69, 9.17) is 12.2 Å². The number of rotatable bonds is 5. The van der Waals surface area contributed by atoms with Gasteiger partial charge in [0.15, 0.2) is 5.11 Å². The van der Waals surface area contributed by atoms with Gasteiger partial charge < -0.3 is 10.6 Å². The highest BCUT2D eigenvalue weighted by Gasteiger charge is 2.09. The molecule has 2 aromatic rings. The third-order valence-electron chi connectivity index (χ3n) is 3.35. The van der Waals surface area contributed by atoms with Gasteiger partial charge in [-0.3, -0.25) is 14.9 Å². The average molecular weight is 373 g/mol. The van der Waals surface area contributed by atoms with Crippen molar-refractivity contribution in [1.29, 1.82) is 0 Å². The lowest BCUT2D eigenvalue weighted by Crippen LogP contribution is -2.34. The zero-order valence-electron chi connectivity index (χ0n) is 14.5. The van der Waals surface area contributed by atoms with E-state index in [0.29, 0.717) is 23.4 Å². The third kappa shape index (κ3) is 6.25. The largest absolute Gasteiger partial charge is 0.332 e. The Bertz CT molecular complexity index is 789. The quantitative estimate of drug-likeness (QED) is 0.695. The number of thiocarbonyl (C=S) groups is 1. The molecule has 2 aromatic carbocycles. The highest BCUT2D eigenvalue weighted by molar-refractivity contribution is 7.80. The predicted octanol–water partition coefficient (Wildman–Crippen LogP) is 3.94. The fraction of sp³-hybridized carbons (Fsp3) is 0.211. The minimum atomic E-state index is -0.430. The number of carbonyl (C=O) groups is 2. The van der Waals surface area contributed by atoms with Crippen molar-refractivity contribution >= 4 is 40.5 Å². The summed E-state index contributed by atoms with van der Waals surface area (Å²) >= 11 is 5.10. The average Bonchev–Trinajstić information content (AvgIpc) is 2.56. The monoisotopic (exact) mass is 373 g/mol. The van der Waals surface area contributed by atoms with Crippen LogP contribution in [0.3, 0.4) is 0 Å². The van der Waals surface area contributed by atoms with Crippen LogP contribution in [0.5, 0.6) is 0 Å². The molecule has 26 heavy (non-hydrogen) atoms. The zero-order chi connectivity index (χ0) is 19.1. The zero-order valence-corrected chi connectivity index (χ0v) is 15.3. The number of anilines is 2. The Balaban J connectivity index is 1.87. The summed E-state index contributed by atoms with van der Waals surface area (Å²) < 4.78 is 12.9. The van der Waals surface area contributed by atoms with Crippen LogP contribution in [0.2, 0.25) is 0 Å². The van der Waals surface area contributed by atoms with Gasteiger partial charge in [0, 0.05) is 23.4 Å². The van der Waals surface area contributed by atoms with Crippen LogP contribution in [0.25, 0.3) is 0 Å². The van der Waals surface area contributed by atoms with Gasteiger partial charge in [-0.05, 0) is 66.7 Å². The molecule has 2 rings (SSSR count). The number of nitrogens with one attached hydrogen (secondary N) is 3. The van der Waals surface area contributed by atoms with Crippen LogP contribution in [0.4, 0.5) is 15.8 Å². The van der Waals surface area contributed by atoms with E-state index in [1.165, 1.54) is 24.3 Å². The fourth-order valence-corrected chi connectivity index (χ4v) is 2.37. The Kier molecular flexibility index (Phi) is 6.80. The number of amides is 2. The van der Waals surface area contributed by atoms with E-state index >= 15 is 0 Å². The van der Waals surface area contributed by atoms with Gasteiger partial charge in [0.25, 0.3) is 5.91 Å². The number of benzene rings is 2. The van der Waals surface area contributed by atoms with E-state index in [0.717, 1.165) is 0 Å². The molecule has 0 aromatic heterocycles. The Hall–Kier alpha value is -2.80. The van der Waals surface area contributed by atoms with E-state index in [-0.39, 0.29) is 16.9 Å². The lowest BCUT2D eigenvalue weighted by Gasteiger charge is -2.11. The van der Waals surface area contributed by atoms with Gasteiger partial charge in [-0.2, -0.15) is 0 Å². The van der Waals surface area contributed by atoms with Gasteiger partial charge in [-0.25, -0.2) is 4.39 Å². The smallest absolute Gasteiger partial charge is 0.257 e. The van der Waals surface area contributed by atoms with Crippen molar-refractivity contribution in [3.63, 3.8) is 0 Å². The molecule has 0 heterocycles. The maximum absolute atomic E-state index is 12.9. The molecule has 2 amide bonds. The number of hydrogen-bond acceptors (Lipinski definition) is 3. The normalized spacial score (nSPS) is 10.3. The minimum Gasteiger partial charge on any atom is -0.332 e. The highest BCUT2D eigenvalue weighted by Crippen LogP contribution is 2.14. The van der Waals surface area contributed by atoms with Crippen LogP contribution in [0, 0.1) is 11.7 Å². The first kappa shape index (κ1) is 19.5. The molecule has 5 nitrogen and oxygen atoms in total. The number of halogens is 1. The first-order chi connectivity index (χ1) is 12.3. The molecule has 3 N–H and O–H groups in total. The van der Waals surface area contributed by atoms with Crippen molar-refractivity contribution in [2.45, 2.75) is 20.3 Å². The summed E-state index contributed by atoms with van der Waals surface area (Å²) in [5, 5.41) is 8.33. The summed E-state index contributed by atoms with van der Waals surface area (Å²) in [6, 6.07) is 12.1. The van der Waals surface area contributed by atoms with E-state index in [1.54, 1.807) is 24.3 Å². The second-order valence-electron chi connectivity index (χ2n) is 6.14. The molecular weight excluding hydrogens is 353 g/mol. The van der Waals surface area contributed by atoms with Crippen LogP contribution in [-0.4, -0.2) is 16.9 Å². The second-order valence-corrected chi connectivity index (χ2v) is 6.55. The molecule has 0 bridgehead atoms. The van der Waals surface area contributed by atoms with Crippen LogP contribution in [-0.2, 0) is 4.79 Å². The number of hydrogen-bond donors (Lipinski definition) is 3. The van der Waals surface area contributed by atoms with Crippen molar-refractivity contribution in [3.8, 4) is 0 Å². The molecule has 0 aliphatic rings. The Labute approximate surface area is 157 Å². The van der Waals surface area contributed by atoms with Gasteiger partial charge in [0.05, 0.1) is 0 Å². The Morgan fingerprint density at radius 1 is 0.962 bits per heavy atom. The second kappa shape index (κ2) is 9.05. The van der Waals surface area contributed by atoms with Gasteiger partial charge in [0.2, 0.25) is 5.91 Å². The molecule has 0 spiro atoms. The van der Waals surface area contributed by atoms with Crippen LogP contribution >= 0.6 is 12.2 Å². The molecule has 0 fully saturated rings. The summed E-state index contributed by atoms with van der Waals surface area (Å²) in [7, 11) is 0. The summed E-state index contributed by atoms with van der Waals surface area (Å²) in [5.74, 6) is -0.594. The van der Waals surface area contributed by atoms with Crippen molar-refractivity contribution in [2.24, 2.45) is 5.92 Å². The molecule has 0 saturated carbocycles. The molecule has 0 aliphatic carbocycles. The Morgan fingerprint density at radius 2 is 1.50 bits per heavy atom. The first-order valence-electron chi connectivity index (χ1n) is 8.11. The van der Waals surface area contributed by atoms with Crippen molar-refractivity contribution in [1.82, 2.24) is 5.32 Å². The lowest BCUT2D eigenvalue weighted by molar-refractivity contribution is -0.116. The summed E-state index contributed by atoms with van der Waals surface area (Å²) in [4.78, 5) is 23.8.